The van der Waals surface area contributed by atoms with Crippen molar-refractivity contribution in [2.75, 3.05) is 0 Å². The number of carbonyl (C=O) groups is 1. The third kappa shape index (κ3) is 2.27. The van der Waals surface area contributed by atoms with Gasteiger partial charge in [0.05, 0.1) is 4.92 Å². The lowest BCUT2D eigenvalue weighted by atomic mass is 10.2. The molecule has 1 heterocycles. The van der Waals surface area contributed by atoms with E-state index in [0.29, 0.717) is 12.3 Å². The van der Waals surface area contributed by atoms with Crippen LogP contribution in [0.15, 0.2) is 12.3 Å². The molecule has 0 amide bonds. The second kappa shape index (κ2) is 3.64. The van der Waals surface area contributed by atoms with Gasteiger partial charge in [-0.3, -0.25) is 14.9 Å². The average Bonchev–Trinajstić information content (AvgIpc) is 2.15. The molecule has 8 heteroatoms. The van der Waals surface area contributed by atoms with Crippen LogP contribution in [-0.4, -0.2) is 16.2 Å². The number of carbonyl (C=O) groups excluding carboxylic acids is 1. The first-order chi connectivity index (χ1) is 6.86. The van der Waals surface area contributed by atoms with Crippen LogP contribution >= 0.6 is 0 Å². The lowest BCUT2D eigenvalue weighted by Gasteiger charge is -2.06. The summed E-state index contributed by atoms with van der Waals surface area (Å²) in [6.07, 6.45) is -4.39. The minimum absolute atomic E-state index is 0.0823. The molecule has 80 valence electrons. The summed E-state index contributed by atoms with van der Waals surface area (Å²) >= 11 is 0. The summed E-state index contributed by atoms with van der Waals surface area (Å²) in [6.45, 7) is 0. The van der Waals surface area contributed by atoms with Gasteiger partial charge in [0.25, 0.3) is 5.69 Å². The van der Waals surface area contributed by atoms with Crippen molar-refractivity contribution >= 4 is 12.0 Å². The molecular weight excluding hydrogens is 217 g/mol. The third-order valence-electron chi connectivity index (χ3n) is 1.53. The van der Waals surface area contributed by atoms with E-state index in [9.17, 15) is 28.1 Å². The van der Waals surface area contributed by atoms with E-state index in [0.717, 1.165) is 0 Å². The van der Waals surface area contributed by atoms with E-state index >= 15 is 0 Å². The Morgan fingerprint density at radius 3 is 2.47 bits per heavy atom. The van der Waals surface area contributed by atoms with Gasteiger partial charge < -0.3 is 0 Å². The van der Waals surface area contributed by atoms with Crippen LogP contribution in [0.2, 0.25) is 0 Å². The second-order valence-electron chi connectivity index (χ2n) is 2.50. The smallest absolute Gasteiger partial charge is 0.296 e. The van der Waals surface area contributed by atoms with Crippen LogP contribution in [-0.2, 0) is 6.18 Å². The Morgan fingerprint density at radius 2 is 2.07 bits per heavy atom. The Kier molecular flexibility index (Phi) is 2.69. The summed E-state index contributed by atoms with van der Waals surface area (Å²) in [5, 5.41) is 10.2. The second-order valence-corrected chi connectivity index (χ2v) is 2.50. The van der Waals surface area contributed by atoms with Crippen molar-refractivity contribution in [2.24, 2.45) is 0 Å². The number of nitro groups is 1. The SMILES string of the molecule is O=Cc1cc(C(F)(F)F)c([N+](=O)[O-])cn1. The van der Waals surface area contributed by atoms with Gasteiger partial charge in [-0.25, -0.2) is 4.98 Å². The fourth-order valence-corrected chi connectivity index (χ4v) is 0.901. The first-order valence-electron chi connectivity index (χ1n) is 3.53. The Labute approximate surface area is 80.7 Å². The largest absolute Gasteiger partial charge is 0.423 e. The van der Waals surface area contributed by atoms with E-state index in [1.54, 1.807) is 0 Å². The summed E-state index contributed by atoms with van der Waals surface area (Å²) in [5.74, 6) is 0. The number of alkyl halides is 3. The van der Waals surface area contributed by atoms with Crippen LogP contribution in [0.4, 0.5) is 18.9 Å². The van der Waals surface area contributed by atoms with Gasteiger partial charge in [0.15, 0.2) is 6.29 Å². The van der Waals surface area contributed by atoms with Crippen LogP contribution in [0.3, 0.4) is 0 Å². The molecule has 0 unspecified atom stereocenters. The molecule has 0 saturated heterocycles. The van der Waals surface area contributed by atoms with Crippen molar-refractivity contribution in [2.45, 2.75) is 6.18 Å². The van der Waals surface area contributed by atoms with Gasteiger partial charge >= 0.3 is 6.18 Å². The van der Waals surface area contributed by atoms with Crippen molar-refractivity contribution in [1.29, 1.82) is 0 Å². The molecule has 1 aromatic heterocycles. The van der Waals surface area contributed by atoms with Gasteiger partial charge in [0.2, 0.25) is 0 Å². The third-order valence-corrected chi connectivity index (χ3v) is 1.53. The summed E-state index contributed by atoms with van der Waals surface area (Å²) in [7, 11) is 0. The zero-order valence-electron chi connectivity index (χ0n) is 6.99. The summed E-state index contributed by atoms with van der Waals surface area (Å²) in [4.78, 5) is 22.4. The number of pyridine rings is 1. The predicted octanol–water partition coefficient (Wildman–Crippen LogP) is 1.82. The van der Waals surface area contributed by atoms with E-state index in [1.807, 2.05) is 0 Å². The molecule has 0 atom stereocenters. The number of rotatable bonds is 2. The number of aromatic nitrogens is 1. The molecule has 0 aliphatic rings. The molecule has 0 radical (unpaired) electrons. The van der Waals surface area contributed by atoms with E-state index in [2.05, 4.69) is 4.98 Å². The maximum absolute atomic E-state index is 12.3. The van der Waals surface area contributed by atoms with Crippen LogP contribution in [0, 0.1) is 10.1 Å². The first kappa shape index (κ1) is 11.1. The number of nitrogens with zero attached hydrogens (tertiary/aromatic N) is 2. The monoisotopic (exact) mass is 220 g/mol. The highest BCUT2D eigenvalue weighted by Gasteiger charge is 2.38. The highest BCUT2D eigenvalue weighted by Crippen LogP contribution is 2.35. The first-order valence-corrected chi connectivity index (χ1v) is 3.53. The van der Waals surface area contributed by atoms with E-state index in [-0.39, 0.29) is 6.29 Å². The Bertz CT molecular complexity index is 416. The standard InChI is InChI=1S/C7H3F3N2O3/c8-7(9,10)5-1-4(3-13)11-2-6(5)12(14)15/h1-3H. The van der Waals surface area contributed by atoms with Crippen LogP contribution in [0.1, 0.15) is 16.1 Å². The molecule has 0 aromatic carbocycles. The van der Waals surface area contributed by atoms with Gasteiger partial charge in [-0.05, 0) is 6.07 Å². The molecule has 1 rings (SSSR count). The summed E-state index contributed by atoms with van der Waals surface area (Å²) < 4.78 is 36.8. The van der Waals surface area contributed by atoms with Crippen molar-refractivity contribution in [3.05, 3.63) is 33.6 Å². The normalized spacial score (nSPS) is 11.1. The van der Waals surface area contributed by atoms with Crippen molar-refractivity contribution in [1.82, 2.24) is 4.98 Å². The van der Waals surface area contributed by atoms with E-state index in [4.69, 9.17) is 0 Å². The topological polar surface area (TPSA) is 73.1 Å². The molecule has 0 aliphatic heterocycles. The lowest BCUT2D eigenvalue weighted by Crippen LogP contribution is -2.10. The number of halogens is 3. The van der Waals surface area contributed by atoms with Gasteiger partial charge in [-0.1, -0.05) is 0 Å². The van der Waals surface area contributed by atoms with E-state index < -0.39 is 28.0 Å². The van der Waals surface area contributed by atoms with E-state index in [1.165, 1.54) is 0 Å². The number of hydrogen-bond donors (Lipinski definition) is 0. The van der Waals surface area contributed by atoms with Crippen molar-refractivity contribution in [3.8, 4) is 0 Å². The number of aldehydes is 1. The zero-order valence-corrected chi connectivity index (χ0v) is 6.99. The van der Waals surface area contributed by atoms with Gasteiger partial charge in [0.1, 0.15) is 17.5 Å². The molecule has 0 aliphatic carbocycles. The minimum atomic E-state index is -4.89. The van der Waals surface area contributed by atoms with Crippen LogP contribution in [0.5, 0.6) is 0 Å². The van der Waals surface area contributed by atoms with Crippen LogP contribution in [0.25, 0.3) is 0 Å². The Morgan fingerprint density at radius 1 is 1.47 bits per heavy atom. The quantitative estimate of drug-likeness (QED) is 0.433. The van der Waals surface area contributed by atoms with Crippen LogP contribution < -0.4 is 0 Å². The fraction of sp³-hybridized carbons (Fsp3) is 0.143. The van der Waals surface area contributed by atoms with Gasteiger partial charge in [-0.15, -0.1) is 0 Å². The molecule has 15 heavy (non-hydrogen) atoms. The van der Waals surface area contributed by atoms with Gasteiger partial charge in [-0.2, -0.15) is 13.2 Å². The molecule has 0 spiro atoms. The van der Waals surface area contributed by atoms with Crippen molar-refractivity contribution in [3.63, 3.8) is 0 Å². The zero-order chi connectivity index (χ0) is 11.6. The average molecular weight is 220 g/mol. The predicted molar refractivity (Wildman–Crippen MR) is 41.3 cm³/mol. The summed E-state index contributed by atoms with van der Waals surface area (Å²) in [6, 6.07) is 0.338. The summed E-state index contributed by atoms with van der Waals surface area (Å²) in [5.41, 5.74) is -3.16. The van der Waals surface area contributed by atoms with Crippen molar-refractivity contribution < 1.29 is 22.9 Å². The Balaban J connectivity index is 3.42. The molecule has 0 N–H and O–H groups in total. The lowest BCUT2D eigenvalue weighted by molar-refractivity contribution is -0.388. The maximum atomic E-state index is 12.3. The molecular formula is C7H3F3N2O3. The highest BCUT2D eigenvalue weighted by atomic mass is 19.4. The Hall–Kier alpha value is -1.99. The van der Waals surface area contributed by atoms with Gasteiger partial charge in [0, 0.05) is 0 Å². The maximum Gasteiger partial charge on any atom is 0.423 e. The molecule has 0 bridgehead atoms. The molecule has 0 saturated carbocycles. The fourth-order valence-electron chi connectivity index (χ4n) is 0.901. The molecule has 0 fully saturated rings. The molecule has 1 aromatic rings. The molecule has 5 nitrogen and oxygen atoms in total. The highest BCUT2D eigenvalue weighted by molar-refractivity contribution is 5.72. The number of hydrogen-bond acceptors (Lipinski definition) is 4. The minimum Gasteiger partial charge on any atom is -0.296 e.